The first-order valence-corrected chi connectivity index (χ1v) is 8.13. The molecule has 134 valence electrons. The largest absolute Gasteiger partial charge is 0.497 e. The van der Waals surface area contributed by atoms with Crippen LogP contribution in [-0.2, 0) is 17.8 Å². The highest BCUT2D eigenvalue weighted by Gasteiger charge is 2.06. The van der Waals surface area contributed by atoms with Crippen LogP contribution >= 0.6 is 0 Å². The van der Waals surface area contributed by atoms with Gasteiger partial charge in [0.1, 0.15) is 5.75 Å². The summed E-state index contributed by atoms with van der Waals surface area (Å²) in [6.07, 6.45) is 3.64. The van der Waals surface area contributed by atoms with Gasteiger partial charge in [-0.2, -0.15) is 5.10 Å². The van der Waals surface area contributed by atoms with Gasteiger partial charge in [-0.25, -0.2) is 9.36 Å². The molecule has 1 aromatic carbocycles. The zero-order valence-electron chi connectivity index (χ0n) is 14.3. The number of nitrogens with one attached hydrogen (secondary N) is 1. The summed E-state index contributed by atoms with van der Waals surface area (Å²) in [6.45, 7) is 0.590. The Morgan fingerprint density at radius 1 is 1.19 bits per heavy atom. The van der Waals surface area contributed by atoms with Crippen LogP contribution in [-0.4, -0.2) is 39.1 Å². The minimum Gasteiger partial charge on any atom is -0.497 e. The predicted octanol–water partition coefficient (Wildman–Crippen LogP) is 0.796. The summed E-state index contributed by atoms with van der Waals surface area (Å²) >= 11 is 0. The third-order valence-electron chi connectivity index (χ3n) is 3.76. The highest BCUT2D eigenvalue weighted by Crippen LogP contribution is 2.11. The van der Waals surface area contributed by atoms with E-state index in [4.69, 9.17) is 4.74 Å². The Balaban J connectivity index is 1.54. The van der Waals surface area contributed by atoms with Gasteiger partial charge in [0.05, 0.1) is 20.1 Å². The zero-order valence-corrected chi connectivity index (χ0v) is 14.3. The van der Waals surface area contributed by atoms with Gasteiger partial charge < -0.3 is 10.1 Å². The van der Waals surface area contributed by atoms with Crippen LogP contribution < -0.4 is 15.6 Å². The molecule has 8 nitrogen and oxygen atoms in total. The van der Waals surface area contributed by atoms with Crippen molar-refractivity contribution in [2.75, 3.05) is 13.7 Å². The summed E-state index contributed by atoms with van der Waals surface area (Å²) in [5, 5.41) is 11.1. The smallest absolute Gasteiger partial charge is 0.266 e. The van der Waals surface area contributed by atoms with E-state index in [0.717, 1.165) is 11.3 Å². The molecule has 2 aromatic heterocycles. The molecule has 0 aliphatic rings. The Bertz CT molecular complexity index is 917. The normalized spacial score (nSPS) is 10.5. The molecule has 0 radical (unpaired) electrons. The number of nitrogens with zero attached hydrogens (tertiary/aromatic N) is 4. The van der Waals surface area contributed by atoms with E-state index in [-0.39, 0.29) is 24.4 Å². The van der Waals surface area contributed by atoms with E-state index in [1.54, 1.807) is 36.3 Å². The van der Waals surface area contributed by atoms with E-state index in [1.165, 1.54) is 10.7 Å². The fourth-order valence-corrected chi connectivity index (χ4v) is 2.42. The molecule has 3 rings (SSSR count). The number of aromatic nitrogens is 4. The zero-order chi connectivity index (χ0) is 18.4. The standard InChI is InChI=1S/C18H19N5O3/c1-26-15-5-3-14(4-6-15)13-17(24)19-10-12-23-18(25)8-7-16(21-23)22-11-2-9-20-22/h2-9,11H,10,12-13H2,1H3,(H,19,24). The lowest BCUT2D eigenvalue weighted by Crippen LogP contribution is -2.33. The Hall–Kier alpha value is -3.42. The van der Waals surface area contributed by atoms with Crippen molar-refractivity contribution in [3.8, 4) is 11.6 Å². The van der Waals surface area contributed by atoms with Crippen molar-refractivity contribution in [3.05, 3.63) is 70.8 Å². The van der Waals surface area contributed by atoms with Gasteiger partial charge in [0.25, 0.3) is 5.56 Å². The number of rotatable bonds is 7. The van der Waals surface area contributed by atoms with E-state index in [2.05, 4.69) is 15.5 Å². The fraction of sp³-hybridized carbons (Fsp3) is 0.222. The minimum absolute atomic E-state index is 0.119. The van der Waals surface area contributed by atoms with Gasteiger partial charge in [0.15, 0.2) is 5.82 Å². The van der Waals surface area contributed by atoms with Gasteiger partial charge in [-0.05, 0) is 29.8 Å². The maximum absolute atomic E-state index is 12.0. The van der Waals surface area contributed by atoms with Crippen molar-refractivity contribution in [2.45, 2.75) is 13.0 Å². The molecule has 0 saturated heterocycles. The third-order valence-corrected chi connectivity index (χ3v) is 3.76. The molecular weight excluding hydrogens is 334 g/mol. The number of amides is 1. The van der Waals surface area contributed by atoms with Crippen molar-refractivity contribution in [2.24, 2.45) is 0 Å². The Labute approximate surface area is 150 Å². The summed E-state index contributed by atoms with van der Waals surface area (Å²) < 4.78 is 7.97. The third kappa shape index (κ3) is 4.35. The Kier molecular flexibility index (Phi) is 5.43. The monoisotopic (exact) mass is 353 g/mol. The van der Waals surface area contributed by atoms with E-state index < -0.39 is 0 Å². The number of ether oxygens (including phenoxy) is 1. The van der Waals surface area contributed by atoms with E-state index in [0.29, 0.717) is 12.4 Å². The van der Waals surface area contributed by atoms with E-state index in [1.807, 2.05) is 24.3 Å². The van der Waals surface area contributed by atoms with Crippen LogP contribution in [0.15, 0.2) is 59.7 Å². The number of carbonyl (C=O) groups is 1. The van der Waals surface area contributed by atoms with Crippen LogP contribution in [0.1, 0.15) is 5.56 Å². The van der Waals surface area contributed by atoms with Crippen molar-refractivity contribution in [1.82, 2.24) is 24.9 Å². The van der Waals surface area contributed by atoms with Crippen LogP contribution in [0.25, 0.3) is 5.82 Å². The van der Waals surface area contributed by atoms with Crippen molar-refractivity contribution >= 4 is 5.91 Å². The average Bonchev–Trinajstić information content (AvgIpc) is 3.18. The number of benzene rings is 1. The maximum Gasteiger partial charge on any atom is 0.266 e. The van der Waals surface area contributed by atoms with E-state index >= 15 is 0 Å². The Morgan fingerprint density at radius 2 is 2.00 bits per heavy atom. The highest BCUT2D eigenvalue weighted by atomic mass is 16.5. The van der Waals surface area contributed by atoms with Gasteiger partial charge in [0.2, 0.25) is 5.91 Å². The number of hydrogen-bond acceptors (Lipinski definition) is 5. The molecule has 0 bridgehead atoms. The molecule has 3 aromatic rings. The quantitative estimate of drug-likeness (QED) is 0.678. The molecule has 0 unspecified atom stereocenters. The van der Waals surface area contributed by atoms with Gasteiger partial charge in [-0.3, -0.25) is 9.59 Å². The van der Waals surface area contributed by atoms with Gasteiger partial charge in [-0.1, -0.05) is 12.1 Å². The summed E-state index contributed by atoms with van der Waals surface area (Å²) in [7, 11) is 1.60. The van der Waals surface area contributed by atoms with Crippen LogP contribution in [0.5, 0.6) is 5.75 Å². The lowest BCUT2D eigenvalue weighted by Gasteiger charge is -2.09. The van der Waals surface area contributed by atoms with Gasteiger partial charge >= 0.3 is 0 Å². The number of methoxy groups -OCH3 is 1. The summed E-state index contributed by atoms with van der Waals surface area (Å²) in [5.74, 6) is 1.17. The molecule has 0 fully saturated rings. The topological polar surface area (TPSA) is 91.0 Å². The Morgan fingerprint density at radius 3 is 2.69 bits per heavy atom. The van der Waals surface area contributed by atoms with Gasteiger partial charge in [-0.15, -0.1) is 5.10 Å². The summed E-state index contributed by atoms with van der Waals surface area (Å²) in [4.78, 5) is 23.9. The molecule has 1 N–H and O–H groups in total. The first-order valence-electron chi connectivity index (χ1n) is 8.13. The molecule has 0 aliphatic heterocycles. The van der Waals surface area contributed by atoms with Crippen molar-refractivity contribution in [1.29, 1.82) is 0 Å². The predicted molar refractivity (Wildman–Crippen MR) is 95.3 cm³/mol. The van der Waals surface area contributed by atoms with Crippen LogP contribution in [0.2, 0.25) is 0 Å². The minimum atomic E-state index is -0.231. The SMILES string of the molecule is COc1ccc(CC(=O)NCCn2nc(-n3cccn3)ccc2=O)cc1. The molecule has 0 spiro atoms. The molecule has 0 saturated carbocycles. The summed E-state index contributed by atoms with van der Waals surface area (Å²) in [6, 6.07) is 12.1. The fourth-order valence-electron chi connectivity index (χ4n) is 2.42. The number of carbonyl (C=O) groups excluding carboxylic acids is 1. The van der Waals surface area contributed by atoms with Crippen LogP contribution in [0.4, 0.5) is 0 Å². The first-order chi connectivity index (χ1) is 12.7. The molecule has 26 heavy (non-hydrogen) atoms. The highest BCUT2D eigenvalue weighted by molar-refractivity contribution is 5.78. The van der Waals surface area contributed by atoms with Crippen molar-refractivity contribution in [3.63, 3.8) is 0 Å². The molecule has 8 heteroatoms. The molecule has 0 atom stereocenters. The second-order valence-corrected chi connectivity index (χ2v) is 5.58. The first kappa shape index (κ1) is 17.4. The van der Waals surface area contributed by atoms with Crippen LogP contribution in [0, 0.1) is 0 Å². The molecular formula is C18H19N5O3. The number of hydrogen-bond donors (Lipinski definition) is 1. The maximum atomic E-state index is 12.0. The van der Waals surface area contributed by atoms with Crippen LogP contribution in [0.3, 0.4) is 0 Å². The molecule has 2 heterocycles. The lowest BCUT2D eigenvalue weighted by molar-refractivity contribution is -0.120. The van der Waals surface area contributed by atoms with Crippen molar-refractivity contribution < 1.29 is 9.53 Å². The molecule has 1 amide bonds. The summed E-state index contributed by atoms with van der Waals surface area (Å²) in [5.41, 5.74) is 0.657. The lowest BCUT2D eigenvalue weighted by atomic mass is 10.1. The second-order valence-electron chi connectivity index (χ2n) is 5.58. The van der Waals surface area contributed by atoms with Gasteiger partial charge in [0, 0.05) is 25.0 Å². The average molecular weight is 353 g/mol. The molecule has 0 aliphatic carbocycles. The second kappa shape index (κ2) is 8.11. The van der Waals surface area contributed by atoms with E-state index in [9.17, 15) is 9.59 Å².